The van der Waals surface area contributed by atoms with Crippen LogP contribution in [0.25, 0.3) is 0 Å². The lowest BCUT2D eigenvalue weighted by Gasteiger charge is -2.33. The number of amides is 2. The van der Waals surface area contributed by atoms with Gasteiger partial charge in [0.1, 0.15) is 0 Å². The summed E-state index contributed by atoms with van der Waals surface area (Å²) in [6, 6.07) is -1.70. The van der Waals surface area contributed by atoms with Crippen molar-refractivity contribution in [2.45, 2.75) is 31.3 Å². The van der Waals surface area contributed by atoms with Crippen molar-refractivity contribution < 1.29 is 44.7 Å². The summed E-state index contributed by atoms with van der Waals surface area (Å²) in [6.45, 7) is 0.0130. The van der Waals surface area contributed by atoms with Crippen molar-refractivity contribution in [1.82, 2.24) is 18.3 Å². The summed E-state index contributed by atoms with van der Waals surface area (Å²) < 4.78 is 85.9. The summed E-state index contributed by atoms with van der Waals surface area (Å²) >= 11 is 0. The summed E-state index contributed by atoms with van der Waals surface area (Å²) in [7, 11) is -17.8. The third-order valence-electron chi connectivity index (χ3n) is 3.89. The number of carbonyl (C=O) groups is 2. The van der Waals surface area contributed by atoms with Crippen LogP contribution < -0.4 is 31.5 Å². The van der Waals surface area contributed by atoms with E-state index < -0.39 is 59.7 Å². The van der Waals surface area contributed by atoms with Gasteiger partial charge in [0.15, 0.2) is 0 Å². The fourth-order valence-electron chi connectivity index (χ4n) is 2.59. The second-order valence-electron chi connectivity index (χ2n) is 6.45. The third-order valence-corrected chi connectivity index (χ3v) is 10.1. The van der Waals surface area contributed by atoms with Crippen molar-refractivity contribution in [1.29, 1.82) is 0 Å². The maximum Gasteiger partial charge on any atom is 0.341 e. The first kappa shape index (κ1) is 28.0. The van der Waals surface area contributed by atoms with E-state index in [9.17, 15) is 35.6 Å². The standard InChI is InChI=1S/C5H13N4O5PS.C4H11N4O5PS/c6-4-2-1-3-9(5(4)10)15(7,11)8-16(12,13)14;5-3-1-2-8(4(3)9)14(6,10)7-15(11,12)13/h4H,1-3,6H2,(H3,7,8,11)(H,12,13,14);3H,1-2,5H2,(H3,6,7,10)(H,11,12,13)/t4-,15-;/m0./s1. The predicted molar refractivity (Wildman–Crippen MR) is 106 cm³/mol. The minimum absolute atomic E-state index is 0.0176. The van der Waals surface area contributed by atoms with Crippen molar-refractivity contribution in [2.24, 2.45) is 22.5 Å². The van der Waals surface area contributed by atoms with Gasteiger partial charge in [-0.2, -0.15) is 16.8 Å². The van der Waals surface area contributed by atoms with Crippen molar-refractivity contribution in [3.8, 4) is 0 Å². The Labute approximate surface area is 177 Å². The summed E-state index contributed by atoms with van der Waals surface area (Å²) in [5.41, 5.74) is 21.0. The van der Waals surface area contributed by atoms with Crippen LogP contribution >= 0.6 is 15.2 Å². The molecule has 0 bridgehead atoms. The van der Waals surface area contributed by atoms with E-state index in [0.29, 0.717) is 22.2 Å². The summed E-state index contributed by atoms with van der Waals surface area (Å²) in [5.74, 6) is -1.41. The van der Waals surface area contributed by atoms with Crippen LogP contribution in [0.5, 0.6) is 0 Å². The first-order valence-corrected chi connectivity index (χ1v) is 14.6. The van der Waals surface area contributed by atoms with E-state index in [4.69, 9.17) is 31.6 Å². The highest BCUT2D eigenvalue weighted by Gasteiger charge is 2.41. The molecule has 2 amide bonds. The zero-order valence-corrected chi connectivity index (χ0v) is 19.2. The predicted octanol–water partition coefficient (Wildman–Crippen LogP) is -3.60. The fraction of sp³-hybridized carbons (Fsp3) is 0.778. The molecule has 2 aliphatic rings. The molecule has 2 unspecified atom stereocenters. The van der Waals surface area contributed by atoms with Crippen molar-refractivity contribution in [3.05, 3.63) is 0 Å². The lowest BCUT2D eigenvalue weighted by molar-refractivity contribution is -0.130. The molecule has 0 aliphatic carbocycles. The van der Waals surface area contributed by atoms with Crippen molar-refractivity contribution in [2.75, 3.05) is 13.1 Å². The second-order valence-corrected chi connectivity index (χ2v) is 13.3. The lowest BCUT2D eigenvalue weighted by Crippen LogP contribution is -2.50. The summed E-state index contributed by atoms with van der Waals surface area (Å²) in [6.07, 6.45) is 1.11. The van der Waals surface area contributed by atoms with Gasteiger partial charge in [0.05, 0.1) is 12.1 Å². The van der Waals surface area contributed by atoms with E-state index in [0.717, 1.165) is 0 Å². The minimum atomic E-state index is -4.74. The molecule has 0 spiro atoms. The molecule has 2 rings (SSSR count). The molecule has 0 aromatic carbocycles. The maximum atomic E-state index is 11.7. The van der Waals surface area contributed by atoms with Gasteiger partial charge in [-0.3, -0.25) is 48.2 Å². The summed E-state index contributed by atoms with van der Waals surface area (Å²) in [4.78, 5) is 22.8. The van der Waals surface area contributed by atoms with Crippen LogP contribution in [0.1, 0.15) is 19.3 Å². The molecule has 18 nitrogen and oxygen atoms in total. The molecule has 2 aliphatic heterocycles. The van der Waals surface area contributed by atoms with E-state index in [-0.39, 0.29) is 19.5 Å². The van der Waals surface area contributed by atoms with Crippen LogP contribution in [0.4, 0.5) is 0 Å². The average Bonchev–Trinajstić information content (AvgIpc) is 2.86. The van der Waals surface area contributed by atoms with Crippen LogP contribution in [0.3, 0.4) is 0 Å². The van der Waals surface area contributed by atoms with E-state index >= 15 is 0 Å². The van der Waals surface area contributed by atoms with E-state index in [1.807, 2.05) is 0 Å². The molecule has 4 atom stereocenters. The second kappa shape index (κ2) is 9.86. The Morgan fingerprint density at radius 3 is 1.48 bits per heavy atom. The summed E-state index contributed by atoms with van der Waals surface area (Å²) in [5, 5.41) is 0. The van der Waals surface area contributed by atoms with Gasteiger partial charge < -0.3 is 11.5 Å². The van der Waals surface area contributed by atoms with E-state index in [2.05, 4.69) is 0 Å². The number of nitrogens with two attached hydrogens (primary N) is 4. The first-order valence-electron chi connectivity index (χ1n) is 8.22. The van der Waals surface area contributed by atoms with Gasteiger partial charge in [-0.1, -0.05) is 0 Å². The topological polar surface area (TPSA) is 312 Å². The van der Waals surface area contributed by atoms with Crippen LogP contribution in [0, 0.1) is 0 Å². The Hall–Kier alpha value is -1.02. The molecule has 0 radical (unpaired) electrons. The Kier molecular flexibility index (Phi) is 8.91. The number of carbonyl (C=O) groups excluding carboxylic acids is 2. The molecule has 2 saturated heterocycles. The molecular weight excluding hydrogens is 506 g/mol. The van der Waals surface area contributed by atoms with E-state index in [1.165, 1.54) is 8.99 Å². The maximum absolute atomic E-state index is 11.7. The quantitative estimate of drug-likeness (QED) is 0.121. The van der Waals surface area contributed by atoms with Crippen LogP contribution in [0.2, 0.25) is 0 Å². The highest BCUT2D eigenvalue weighted by Crippen LogP contribution is 2.40. The molecule has 31 heavy (non-hydrogen) atoms. The number of hydrogen-bond donors (Lipinski definition) is 8. The van der Waals surface area contributed by atoms with Crippen LogP contribution in [-0.2, 0) is 39.3 Å². The van der Waals surface area contributed by atoms with Gasteiger partial charge in [0.25, 0.3) is 0 Å². The van der Waals surface area contributed by atoms with Crippen molar-refractivity contribution in [3.63, 3.8) is 0 Å². The van der Waals surface area contributed by atoms with Gasteiger partial charge >= 0.3 is 35.8 Å². The van der Waals surface area contributed by atoms with Crippen molar-refractivity contribution >= 4 is 47.6 Å². The molecular formula is C9H24N8O10P2S2. The number of nitrogens with one attached hydrogen (secondary N) is 2. The monoisotopic (exact) mass is 530 g/mol. The van der Waals surface area contributed by atoms with E-state index in [1.54, 1.807) is 0 Å². The molecule has 0 aromatic rings. The molecule has 182 valence electrons. The van der Waals surface area contributed by atoms with Gasteiger partial charge in [-0.15, -0.1) is 8.99 Å². The third kappa shape index (κ3) is 8.44. The van der Waals surface area contributed by atoms with Gasteiger partial charge in [0.2, 0.25) is 11.8 Å². The zero-order valence-electron chi connectivity index (χ0n) is 15.8. The molecule has 2 fully saturated rings. The highest BCUT2D eigenvalue weighted by atomic mass is 32.2. The largest absolute Gasteiger partial charge is 0.341 e. The Morgan fingerprint density at radius 2 is 1.16 bits per heavy atom. The number of piperidine rings is 1. The molecule has 0 saturated carbocycles. The van der Waals surface area contributed by atoms with Gasteiger partial charge in [0, 0.05) is 13.1 Å². The SMILES string of the molecule is NC1CCN(P(N)(=O)NS(=O)(=O)O)C1=O.N[C@H]1CCCN([P@@](N)(=O)NS(=O)(=O)O)C1=O. The highest BCUT2D eigenvalue weighted by molar-refractivity contribution is 7.91. The lowest BCUT2D eigenvalue weighted by atomic mass is 10.1. The first-order chi connectivity index (χ1) is 13.8. The van der Waals surface area contributed by atoms with Gasteiger partial charge in [-0.25, -0.2) is 0 Å². The zero-order chi connectivity index (χ0) is 24.4. The Balaban J connectivity index is 0.000000311. The number of hydrogen-bond acceptors (Lipinski definition) is 10. The minimum Gasteiger partial charge on any atom is -0.320 e. The molecule has 12 N–H and O–H groups in total. The molecule has 0 aromatic heterocycles. The average molecular weight is 530 g/mol. The Morgan fingerprint density at radius 1 is 0.806 bits per heavy atom. The molecule has 22 heteroatoms. The number of rotatable bonds is 6. The Bertz CT molecular complexity index is 1020. The van der Waals surface area contributed by atoms with Crippen LogP contribution in [0.15, 0.2) is 0 Å². The normalized spacial score (nSPS) is 26.6. The van der Waals surface area contributed by atoms with Crippen LogP contribution in [-0.4, -0.2) is 72.3 Å². The number of nitrogens with zero attached hydrogens (tertiary/aromatic N) is 2. The smallest absolute Gasteiger partial charge is 0.320 e. The fourth-order valence-corrected chi connectivity index (χ4v) is 7.76. The van der Waals surface area contributed by atoms with Gasteiger partial charge in [-0.05, 0) is 19.3 Å². The molecule has 2 heterocycles.